The van der Waals surface area contributed by atoms with Gasteiger partial charge in [0, 0.05) is 23.6 Å². The molecule has 4 rings (SSSR count). The Labute approximate surface area is 150 Å². The van der Waals surface area contributed by atoms with Crippen molar-refractivity contribution in [3.63, 3.8) is 0 Å². The van der Waals surface area contributed by atoms with Crippen molar-refractivity contribution in [2.45, 2.75) is 12.8 Å². The van der Waals surface area contributed by atoms with Crippen molar-refractivity contribution >= 4 is 11.0 Å². The molecule has 0 spiro atoms. The molecule has 0 unspecified atom stereocenters. The predicted molar refractivity (Wildman–Crippen MR) is 101 cm³/mol. The summed E-state index contributed by atoms with van der Waals surface area (Å²) in [6.45, 7) is 0. The third-order valence-corrected chi connectivity index (χ3v) is 4.47. The van der Waals surface area contributed by atoms with Crippen LogP contribution in [0.1, 0.15) is 11.1 Å². The first-order chi connectivity index (χ1) is 12.7. The van der Waals surface area contributed by atoms with E-state index >= 15 is 0 Å². The molecule has 2 aromatic carbocycles. The lowest BCUT2D eigenvalue weighted by atomic mass is 10.0. The van der Waals surface area contributed by atoms with Gasteiger partial charge in [0.15, 0.2) is 5.43 Å². The maximum Gasteiger partial charge on any atom is 0.194 e. The Morgan fingerprint density at radius 2 is 1.65 bits per heavy atom. The molecule has 26 heavy (non-hydrogen) atoms. The molecule has 0 N–H and O–H groups in total. The Balaban J connectivity index is 1.82. The number of aryl methyl sites for hydroxylation is 2. The van der Waals surface area contributed by atoms with Crippen LogP contribution in [0.5, 0.6) is 0 Å². The van der Waals surface area contributed by atoms with Crippen LogP contribution in [0.2, 0.25) is 0 Å². The highest BCUT2D eigenvalue weighted by molar-refractivity contribution is 5.77. The number of fused-ring (bicyclic) bond motifs is 1. The van der Waals surface area contributed by atoms with Crippen molar-refractivity contribution in [3.8, 4) is 5.69 Å². The topological polar surface area (TPSA) is 34.9 Å². The first kappa shape index (κ1) is 16.2. The summed E-state index contributed by atoms with van der Waals surface area (Å²) in [6.07, 6.45) is 4.90. The quantitative estimate of drug-likeness (QED) is 0.553. The lowest BCUT2D eigenvalue weighted by Crippen LogP contribution is -2.15. The fraction of sp³-hybridized carbons (Fsp3) is 0.0909. The second-order valence-corrected chi connectivity index (χ2v) is 6.19. The molecule has 0 aliphatic rings. The molecule has 2 aromatic heterocycles. The van der Waals surface area contributed by atoms with Crippen LogP contribution in [0.25, 0.3) is 16.7 Å². The van der Waals surface area contributed by atoms with Crippen LogP contribution in [0, 0.1) is 5.82 Å². The molecule has 3 nitrogen and oxygen atoms in total. The molecule has 128 valence electrons. The zero-order valence-electron chi connectivity index (χ0n) is 14.1. The summed E-state index contributed by atoms with van der Waals surface area (Å²) in [5, 5.41) is 0.572. The SMILES string of the molecule is O=c1c(CCc2ccccc2)cn(-c2ccc(F)cc2)c2ncccc12. The average molecular weight is 344 g/mol. The summed E-state index contributed by atoms with van der Waals surface area (Å²) in [7, 11) is 0. The van der Waals surface area contributed by atoms with Crippen molar-refractivity contribution in [2.75, 3.05) is 0 Å². The van der Waals surface area contributed by atoms with Gasteiger partial charge in [0.25, 0.3) is 0 Å². The van der Waals surface area contributed by atoms with Gasteiger partial charge in [0.05, 0.1) is 5.39 Å². The Morgan fingerprint density at radius 1 is 0.885 bits per heavy atom. The Kier molecular flexibility index (Phi) is 4.32. The molecule has 2 heterocycles. The zero-order valence-corrected chi connectivity index (χ0v) is 14.1. The molecule has 0 amide bonds. The Morgan fingerprint density at radius 3 is 2.42 bits per heavy atom. The summed E-state index contributed by atoms with van der Waals surface area (Å²) in [6, 6.07) is 19.8. The molecule has 0 aliphatic heterocycles. The molecule has 4 aromatic rings. The number of nitrogens with zero attached hydrogens (tertiary/aromatic N) is 2. The highest BCUT2D eigenvalue weighted by Gasteiger charge is 2.11. The molecule has 0 saturated carbocycles. The lowest BCUT2D eigenvalue weighted by molar-refractivity contribution is 0.627. The van der Waals surface area contributed by atoms with E-state index in [9.17, 15) is 9.18 Å². The van der Waals surface area contributed by atoms with E-state index in [0.29, 0.717) is 17.5 Å². The van der Waals surface area contributed by atoms with Gasteiger partial charge in [-0.05, 0) is 54.8 Å². The number of hydrogen-bond acceptors (Lipinski definition) is 2. The molecule has 0 saturated heterocycles. The second kappa shape index (κ2) is 6.92. The summed E-state index contributed by atoms with van der Waals surface area (Å²) >= 11 is 0. The van der Waals surface area contributed by atoms with Gasteiger partial charge in [-0.25, -0.2) is 9.37 Å². The third kappa shape index (κ3) is 3.14. The van der Waals surface area contributed by atoms with E-state index < -0.39 is 0 Å². The van der Waals surface area contributed by atoms with Crippen LogP contribution >= 0.6 is 0 Å². The molecule has 0 aliphatic carbocycles. The normalized spacial score (nSPS) is 11.0. The smallest absolute Gasteiger partial charge is 0.194 e. The number of aromatic nitrogens is 2. The van der Waals surface area contributed by atoms with Gasteiger partial charge in [-0.2, -0.15) is 0 Å². The van der Waals surface area contributed by atoms with E-state index in [-0.39, 0.29) is 11.2 Å². The standard InChI is InChI=1S/C22H17FN2O/c23-18-10-12-19(13-11-18)25-15-17(9-8-16-5-2-1-3-6-16)21(26)20-7-4-14-24-22(20)25/h1-7,10-15H,8-9H2. The molecule has 4 heteroatoms. The van der Waals surface area contributed by atoms with E-state index in [1.54, 1.807) is 30.5 Å². The van der Waals surface area contributed by atoms with Gasteiger partial charge in [0.1, 0.15) is 11.5 Å². The highest BCUT2D eigenvalue weighted by atomic mass is 19.1. The van der Waals surface area contributed by atoms with Gasteiger partial charge in [0.2, 0.25) is 0 Å². The van der Waals surface area contributed by atoms with Crippen LogP contribution in [-0.4, -0.2) is 9.55 Å². The minimum absolute atomic E-state index is 0.00222. The van der Waals surface area contributed by atoms with Gasteiger partial charge in [-0.3, -0.25) is 4.79 Å². The minimum atomic E-state index is -0.295. The number of hydrogen-bond donors (Lipinski definition) is 0. The number of halogens is 1. The van der Waals surface area contributed by atoms with Gasteiger partial charge >= 0.3 is 0 Å². The van der Waals surface area contributed by atoms with Crippen molar-refractivity contribution in [2.24, 2.45) is 0 Å². The van der Waals surface area contributed by atoms with Crippen LogP contribution < -0.4 is 5.43 Å². The van der Waals surface area contributed by atoms with E-state index in [2.05, 4.69) is 17.1 Å². The van der Waals surface area contributed by atoms with E-state index in [1.165, 1.54) is 17.7 Å². The molecule has 0 fully saturated rings. The monoisotopic (exact) mass is 344 g/mol. The number of rotatable bonds is 4. The van der Waals surface area contributed by atoms with E-state index in [1.807, 2.05) is 29.0 Å². The summed E-state index contributed by atoms with van der Waals surface area (Å²) in [5.74, 6) is -0.295. The lowest BCUT2D eigenvalue weighted by Gasteiger charge is -2.13. The second-order valence-electron chi connectivity index (χ2n) is 6.19. The predicted octanol–water partition coefficient (Wildman–Crippen LogP) is 4.31. The van der Waals surface area contributed by atoms with Crippen molar-refractivity contribution < 1.29 is 4.39 Å². The Hall–Kier alpha value is -3.27. The molecule has 0 bridgehead atoms. The van der Waals surface area contributed by atoms with Crippen LogP contribution in [0.3, 0.4) is 0 Å². The zero-order chi connectivity index (χ0) is 17.9. The molecule has 0 radical (unpaired) electrons. The largest absolute Gasteiger partial charge is 0.301 e. The summed E-state index contributed by atoms with van der Waals surface area (Å²) in [5.41, 5.74) is 3.26. The third-order valence-electron chi connectivity index (χ3n) is 4.47. The molecular weight excluding hydrogens is 327 g/mol. The average Bonchev–Trinajstić information content (AvgIpc) is 2.69. The maximum atomic E-state index is 13.3. The first-order valence-corrected chi connectivity index (χ1v) is 8.51. The van der Waals surface area contributed by atoms with Gasteiger partial charge in [-0.1, -0.05) is 30.3 Å². The summed E-state index contributed by atoms with van der Waals surface area (Å²) < 4.78 is 15.2. The van der Waals surface area contributed by atoms with Crippen molar-refractivity contribution in [3.05, 3.63) is 106 Å². The number of benzene rings is 2. The van der Waals surface area contributed by atoms with Gasteiger partial charge < -0.3 is 4.57 Å². The van der Waals surface area contributed by atoms with Crippen molar-refractivity contribution in [1.82, 2.24) is 9.55 Å². The highest BCUT2D eigenvalue weighted by Crippen LogP contribution is 2.17. The van der Waals surface area contributed by atoms with E-state index in [4.69, 9.17) is 0 Å². The first-order valence-electron chi connectivity index (χ1n) is 8.51. The molecule has 0 atom stereocenters. The van der Waals surface area contributed by atoms with Crippen LogP contribution in [-0.2, 0) is 12.8 Å². The number of pyridine rings is 2. The Bertz CT molecular complexity index is 1100. The minimum Gasteiger partial charge on any atom is -0.301 e. The van der Waals surface area contributed by atoms with Crippen molar-refractivity contribution in [1.29, 1.82) is 0 Å². The van der Waals surface area contributed by atoms with Crippen LogP contribution in [0.4, 0.5) is 4.39 Å². The van der Waals surface area contributed by atoms with Crippen LogP contribution in [0.15, 0.2) is 83.9 Å². The maximum absolute atomic E-state index is 13.3. The van der Waals surface area contributed by atoms with E-state index in [0.717, 1.165) is 17.7 Å². The fourth-order valence-corrected chi connectivity index (χ4v) is 3.12. The fourth-order valence-electron chi connectivity index (χ4n) is 3.12. The van der Waals surface area contributed by atoms with Gasteiger partial charge in [-0.15, -0.1) is 0 Å². The molecular formula is C22H17FN2O. The summed E-state index contributed by atoms with van der Waals surface area (Å²) in [4.78, 5) is 17.2.